The van der Waals surface area contributed by atoms with Gasteiger partial charge in [-0.15, -0.1) is 0 Å². The molecule has 0 aliphatic carbocycles. The number of carbonyl (C=O) groups excluding carboxylic acids is 1. The van der Waals surface area contributed by atoms with Gasteiger partial charge in [0.05, 0.1) is 0 Å². The van der Waals surface area contributed by atoms with Crippen LogP contribution in [0.3, 0.4) is 0 Å². The molecule has 0 amide bonds. The molecule has 0 saturated carbocycles. The number of rotatable bonds is 12. The van der Waals surface area contributed by atoms with Crippen LogP contribution in [0.5, 0.6) is 11.5 Å². The van der Waals surface area contributed by atoms with Gasteiger partial charge >= 0.3 is 272 Å². The molecule has 0 spiro atoms. The van der Waals surface area contributed by atoms with Crippen molar-refractivity contribution in [3.05, 3.63) is 118 Å². The normalized spacial score (nSPS) is 10.7. The number of aryl methyl sites for hydroxylation is 2. The molecule has 0 aliphatic rings. The molecule has 0 aliphatic heterocycles. The summed E-state index contributed by atoms with van der Waals surface area (Å²) in [7, 11) is 1.30. The zero-order chi connectivity index (χ0) is 32.9. The Morgan fingerprint density at radius 1 is 0.689 bits per heavy atom. The number of benzene rings is 4. The van der Waals surface area contributed by atoms with E-state index in [1.165, 1.54) is 31.4 Å². The summed E-state index contributed by atoms with van der Waals surface area (Å²) in [6.07, 6.45) is 0. The van der Waals surface area contributed by atoms with Crippen LogP contribution in [0.2, 0.25) is 0 Å². The molecule has 0 heterocycles. The molecule has 1 N–H and O–H groups in total. The predicted octanol–water partition coefficient (Wildman–Crippen LogP) is 5.74. The fourth-order valence-electron chi connectivity index (χ4n) is 4.27. The second kappa shape index (κ2) is 17.6. The van der Waals surface area contributed by atoms with Crippen LogP contribution in [0.4, 0.5) is 17.6 Å². The first-order valence-electron chi connectivity index (χ1n) is 13.3. The van der Waals surface area contributed by atoms with Crippen LogP contribution in [0.25, 0.3) is 0 Å². The van der Waals surface area contributed by atoms with Gasteiger partial charge in [0.2, 0.25) is 0 Å². The number of carboxylic acids is 1. The van der Waals surface area contributed by atoms with E-state index in [-0.39, 0.29) is 47.0 Å². The molecule has 0 saturated heterocycles. The summed E-state index contributed by atoms with van der Waals surface area (Å²) < 4.78 is 65.6. The molecule has 238 valence electrons. The molecule has 12 heteroatoms. The van der Waals surface area contributed by atoms with Crippen LogP contribution in [0.15, 0.2) is 84.9 Å². The van der Waals surface area contributed by atoms with Gasteiger partial charge in [-0.25, -0.2) is 0 Å². The van der Waals surface area contributed by atoms with Gasteiger partial charge in [-0.3, -0.25) is 0 Å². The Bertz CT molecular complexity index is 1570. The van der Waals surface area contributed by atoms with Crippen molar-refractivity contribution in [2.45, 2.75) is 37.7 Å². The first-order chi connectivity index (χ1) is 21.5. The first-order valence-corrected chi connectivity index (χ1v) is 17.5. The second-order valence-electron chi connectivity index (χ2n) is 9.31. The van der Waals surface area contributed by atoms with Gasteiger partial charge in [0.25, 0.3) is 0 Å². The third-order valence-electron chi connectivity index (χ3n) is 6.11. The summed E-state index contributed by atoms with van der Waals surface area (Å²) in [6, 6.07) is 25.1. The number of halogens is 4. The average molecular weight is 757 g/mol. The third-order valence-corrected chi connectivity index (χ3v) is 10.6. The Balaban J connectivity index is 0.000000246. The Morgan fingerprint density at radius 3 is 1.47 bits per heavy atom. The molecule has 4 aromatic carbocycles. The van der Waals surface area contributed by atoms with Crippen LogP contribution >= 0.6 is 0 Å². The average Bonchev–Trinajstić information content (AvgIpc) is 2.99. The van der Waals surface area contributed by atoms with Crippen LogP contribution in [0.1, 0.15) is 43.0 Å². The maximum absolute atomic E-state index is 12.5. The zero-order valence-electron chi connectivity index (χ0n) is 24.5. The Labute approximate surface area is 271 Å². The van der Waals surface area contributed by atoms with Gasteiger partial charge in [0.15, 0.2) is 0 Å². The molecule has 0 aromatic heterocycles. The predicted molar refractivity (Wildman–Crippen MR) is 165 cm³/mol. The summed E-state index contributed by atoms with van der Waals surface area (Å²) in [5.74, 6) is -1.47. The minimum absolute atomic E-state index is 0.00337. The van der Waals surface area contributed by atoms with Crippen molar-refractivity contribution in [1.29, 1.82) is 0 Å². The van der Waals surface area contributed by atoms with Gasteiger partial charge in [-0.2, -0.15) is 0 Å². The van der Waals surface area contributed by atoms with E-state index in [1.54, 1.807) is 13.8 Å². The quantitative estimate of drug-likeness (QED) is 0.113. The van der Waals surface area contributed by atoms with E-state index < -0.39 is 25.2 Å². The SMILES string of the molecule is COC(=O)c1c(C)cc(OC(F)F)cc1C[Se]c1ccccc1.Cc1cc(OC(F)F)cc(C[Se]c2ccccc2)c1C(=O)O. The van der Waals surface area contributed by atoms with Crippen molar-refractivity contribution >= 4 is 50.8 Å². The van der Waals surface area contributed by atoms with E-state index in [4.69, 9.17) is 4.74 Å². The number of aromatic carboxylic acids is 1. The van der Waals surface area contributed by atoms with E-state index in [1.807, 2.05) is 60.7 Å². The van der Waals surface area contributed by atoms with Crippen molar-refractivity contribution in [3.63, 3.8) is 0 Å². The van der Waals surface area contributed by atoms with Crippen LogP contribution in [0, 0.1) is 13.8 Å². The molecule has 6 nitrogen and oxygen atoms in total. The standard InChI is InChI=1S/C17H16F2O3Se.C16H14F2O3Se/c1-11-8-13(22-17(18)19)9-12(15(11)16(20)21-2)10-23-14-6-4-3-5-7-14;1-10-7-12(21-16(17)18)8-11(14(10)15(19)20)9-22-13-5-3-2-4-6-13/h3-9,17H,10H2,1-2H3;2-8,16H,9H2,1H3,(H,19,20). The van der Waals surface area contributed by atoms with Crippen LogP contribution < -0.4 is 18.4 Å². The molecular weight excluding hydrogens is 726 g/mol. The number of esters is 1. The summed E-state index contributed by atoms with van der Waals surface area (Å²) in [4.78, 5) is 23.4. The summed E-state index contributed by atoms with van der Waals surface area (Å²) in [5.41, 5.74) is 2.76. The molecular formula is C33H30F4O6Se2. The fraction of sp³-hybridized carbons (Fsp3) is 0.212. The molecule has 0 bridgehead atoms. The van der Waals surface area contributed by atoms with Crippen molar-refractivity contribution < 1.29 is 46.5 Å². The molecule has 0 radical (unpaired) electrons. The number of carbonyl (C=O) groups is 2. The van der Waals surface area contributed by atoms with Crippen molar-refractivity contribution in [2.24, 2.45) is 0 Å². The number of hydrogen-bond donors (Lipinski definition) is 1. The number of carboxylic acid groups (broad SMARTS) is 1. The zero-order valence-corrected chi connectivity index (χ0v) is 27.9. The third kappa shape index (κ3) is 11.2. The van der Waals surface area contributed by atoms with E-state index in [0.29, 0.717) is 38.5 Å². The molecule has 0 unspecified atom stereocenters. The van der Waals surface area contributed by atoms with Gasteiger partial charge < -0.3 is 0 Å². The summed E-state index contributed by atoms with van der Waals surface area (Å²) >= 11 is 0.0846. The fourth-order valence-corrected chi connectivity index (χ4v) is 8.05. The first kappa shape index (κ1) is 35.7. The second-order valence-corrected chi connectivity index (χ2v) is 13.7. The van der Waals surface area contributed by atoms with Gasteiger partial charge in [0.1, 0.15) is 0 Å². The Kier molecular flexibility index (Phi) is 14.0. The van der Waals surface area contributed by atoms with E-state index in [2.05, 4.69) is 9.47 Å². The van der Waals surface area contributed by atoms with Gasteiger partial charge in [-0.05, 0) is 0 Å². The number of alkyl halides is 4. The molecule has 0 atom stereocenters. The van der Waals surface area contributed by atoms with Crippen LogP contribution in [-0.2, 0) is 15.4 Å². The molecule has 4 aromatic rings. The van der Waals surface area contributed by atoms with E-state index >= 15 is 0 Å². The molecule has 45 heavy (non-hydrogen) atoms. The van der Waals surface area contributed by atoms with Crippen molar-refractivity contribution in [2.75, 3.05) is 7.11 Å². The number of hydrogen-bond acceptors (Lipinski definition) is 5. The van der Waals surface area contributed by atoms with Crippen molar-refractivity contribution in [3.8, 4) is 11.5 Å². The number of ether oxygens (including phenoxy) is 3. The molecule has 0 fully saturated rings. The molecule has 4 rings (SSSR count). The van der Waals surface area contributed by atoms with Gasteiger partial charge in [0, 0.05) is 0 Å². The maximum atomic E-state index is 12.5. The summed E-state index contributed by atoms with van der Waals surface area (Å²) in [6.45, 7) is -2.56. The Hall–Kier alpha value is -3.82. The van der Waals surface area contributed by atoms with Crippen molar-refractivity contribution in [1.82, 2.24) is 0 Å². The minimum atomic E-state index is -2.93. The Morgan fingerprint density at radius 2 is 1.09 bits per heavy atom. The topological polar surface area (TPSA) is 82.1 Å². The van der Waals surface area contributed by atoms with E-state index in [9.17, 15) is 32.3 Å². The van der Waals surface area contributed by atoms with Crippen LogP contribution in [-0.4, -0.2) is 67.3 Å². The van der Waals surface area contributed by atoms with E-state index in [0.717, 1.165) is 8.92 Å². The summed E-state index contributed by atoms with van der Waals surface area (Å²) in [5, 5.41) is 10.4. The monoisotopic (exact) mass is 758 g/mol. The number of methoxy groups -OCH3 is 1. The van der Waals surface area contributed by atoms with Gasteiger partial charge in [-0.1, -0.05) is 0 Å².